The van der Waals surface area contributed by atoms with Gasteiger partial charge in [0.2, 0.25) is 0 Å². The molecule has 54 heavy (non-hydrogen) atoms. The predicted octanol–water partition coefficient (Wildman–Crippen LogP) is 10.7. The summed E-state index contributed by atoms with van der Waals surface area (Å²) in [7, 11) is 0. The van der Waals surface area contributed by atoms with Crippen molar-refractivity contribution in [3.8, 4) is 0 Å². The van der Waals surface area contributed by atoms with Crippen molar-refractivity contribution in [1.29, 1.82) is 0 Å². The van der Waals surface area contributed by atoms with E-state index in [1.54, 1.807) is 97.1 Å². The fourth-order valence-electron chi connectivity index (χ4n) is 5.71. The molecule has 0 spiro atoms. The highest BCUT2D eigenvalue weighted by atomic mass is 16.6. The first-order chi connectivity index (χ1) is 25.6. The lowest BCUT2D eigenvalue weighted by Crippen LogP contribution is -2.43. The zero-order valence-electron chi connectivity index (χ0n) is 33.0. The van der Waals surface area contributed by atoms with Crippen LogP contribution in [0, 0.1) is 5.92 Å². The summed E-state index contributed by atoms with van der Waals surface area (Å²) < 4.78 is 23.2. The van der Waals surface area contributed by atoms with Gasteiger partial charge in [-0.3, -0.25) is 0 Å². The van der Waals surface area contributed by atoms with E-state index in [0.717, 1.165) is 0 Å². The SMILES string of the molecule is CCC(C)(CC(C)(CC)OC(=O)c1ccccc1)OC(=O)c1ccccc1.CCC(C)(CC(OC(=O)c1ccccc1)C(C)C)OC(=O)c1ccccc1. The van der Waals surface area contributed by atoms with E-state index >= 15 is 0 Å². The molecule has 4 unspecified atom stereocenters. The summed E-state index contributed by atoms with van der Waals surface area (Å²) in [4.78, 5) is 49.9. The van der Waals surface area contributed by atoms with Gasteiger partial charge in [-0.2, -0.15) is 0 Å². The molecule has 0 aliphatic carbocycles. The van der Waals surface area contributed by atoms with Crippen molar-refractivity contribution < 1.29 is 38.1 Å². The molecule has 0 aliphatic rings. The van der Waals surface area contributed by atoms with E-state index in [9.17, 15) is 19.2 Å². The maximum absolute atomic E-state index is 12.5. The van der Waals surface area contributed by atoms with Crippen LogP contribution in [-0.4, -0.2) is 46.8 Å². The second-order valence-corrected chi connectivity index (χ2v) is 14.6. The average molecular weight is 737 g/mol. The molecule has 0 saturated heterocycles. The van der Waals surface area contributed by atoms with Gasteiger partial charge in [-0.25, -0.2) is 19.2 Å². The number of hydrogen-bond acceptors (Lipinski definition) is 8. The van der Waals surface area contributed by atoms with Crippen molar-refractivity contribution in [2.45, 2.75) is 110 Å². The second kappa shape index (κ2) is 20.3. The Bertz CT molecular complexity index is 1690. The Hall–Kier alpha value is -5.24. The maximum atomic E-state index is 12.5. The monoisotopic (exact) mass is 736 g/mol. The number of carbonyl (C=O) groups is 4. The number of carbonyl (C=O) groups excluding carboxylic acids is 4. The first kappa shape index (κ1) is 43.2. The molecule has 0 aromatic heterocycles. The molecule has 4 aromatic rings. The Labute approximate surface area is 321 Å². The van der Waals surface area contributed by atoms with Crippen molar-refractivity contribution in [3.05, 3.63) is 144 Å². The molecule has 0 fully saturated rings. The molecule has 4 atom stereocenters. The van der Waals surface area contributed by atoms with E-state index in [-0.39, 0.29) is 35.9 Å². The summed E-state index contributed by atoms with van der Waals surface area (Å²) >= 11 is 0. The molecule has 0 N–H and O–H groups in total. The standard InChI is InChI=1S/2C23H28O4/c1-5-23(4,27-22(25)19-14-10-7-11-15-19)16-20(17(2)3)26-21(24)18-12-8-6-9-13-18;1-5-22(3,26-20(24)18-13-9-7-10-14-18)17-23(4,6-2)27-21(25)19-15-11-8-12-16-19/h6-15,17,20H,5,16H2,1-4H3;7-16H,5-6,17H2,1-4H3. The van der Waals surface area contributed by atoms with Crippen LogP contribution < -0.4 is 0 Å². The Morgan fingerprint density at radius 1 is 0.463 bits per heavy atom. The van der Waals surface area contributed by atoms with Gasteiger partial charge in [0.05, 0.1) is 22.3 Å². The molecule has 0 bridgehead atoms. The summed E-state index contributed by atoms with van der Waals surface area (Å²) in [6.45, 7) is 15.6. The summed E-state index contributed by atoms with van der Waals surface area (Å²) in [6, 6.07) is 35.7. The van der Waals surface area contributed by atoms with Crippen LogP contribution >= 0.6 is 0 Å². The minimum Gasteiger partial charge on any atom is -0.458 e. The van der Waals surface area contributed by atoms with Gasteiger partial charge in [-0.15, -0.1) is 0 Å². The quantitative estimate of drug-likeness (QED) is 0.0827. The molecule has 8 nitrogen and oxygen atoms in total. The van der Waals surface area contributed by atoms with Crippen LogP contribution in [0.5, 0.6) is 0 Å². The summed E-state index contributed by atoms with van der Waals surface area (Å²) in [6.07, 6.45) is 2.36. The van der Waals surface area contributed by atoms with Gasteiger partial charge in [-0.1, -0.05) is 107 Å². The molecular weight excluding hydrogens is 680 g/mol. The lowest BCUT2D eigenvalue weighted by atomic mass is 9.85. The van der Waals surface area contributed by atoms with Crippen molar-refractivity contribution >= 4 is 23.9 Å². The van der Waals surface area contributed by atoms with Crippen LogP contribution in [0.4, 0.5) is 0 Å². The Kier molecular flexibility index (Phi) is 16.2. The first-order valence-electron chi connectivity index (χ1n) is 18.8. The molecular formula is C46H56O8. The van der Waals surface area contributed by atoms with Crippen LogP contribution in [0.15, 0.2) is 121 Å². The highest BCUT2D eigenvalue weighted by Gasteiger charge is 2.39. The fourth-order valence-corrected chi connectivity index (χ4v) is 5.71. The smallest absolute Gasteiger partial charge is 0.338 e. The van der Waals surface area contributed by atoms with E-state index in [0.29, 0.717) is 54.4 Å². The van der Waals surface area contributed by atoms with E-state index in [1.165, 1.54) is 0 Å². The number of benzene rings is 4. The molecule has 0 heterocycles. The third kappa shape index (κ3) is 13.3. The molecule has 8 heteroatoms. The zero-order valence-corrected chi connectivity index (χ0v) is 33.0. The van der Waals surface area contributed by atoms with Gasteiger partial charge in [-0.05, 0) is 94.5 Å². The van der Waals surface area contributed by atoms with Crippen molar-refractivity contribution in [3.63, 3.8) is 0 Å². The largest absolute Gasteiger partial charge is 0.458 e. The van der Waals surface area contributed by atoms with Gasteiger partial charge in [0.25, 0.3) is 0 Å². The Balaban J connectivity index is 0.000000290. The molecule has 0 aliphatic heterocycles. The second-order valence-electron chi connectivity index (χ2n) is 14.6. The Morgan fingerprint density at radius 2 is 0.741 bits per heavy atom. The Morgan fingerprint density at radius 3 is 1.02 bits per heavy atom. The van der Waals surface area contributed by atoms with Gasteiger partial charge in [0.15, 0.2) is 0 Å². The van der Waals surface area contributed by atoms with Gasteiger partial charge in [0, 0.05) is 12.8 Å². The van der Waals surface area contributed by atoms with Crippen LogP contribution in [0.1, 0.15) is 129 Å². The van der Waals surface area contributed by atoms with E-state index in [1.807, 2.05) is 79.7 Å². The van der Waals surface area contributed by atoms with Gasteiger partial charge in [0.1, 0.15) is 22.9 Å². The number of ether oxygens (including phenoxy) is 4. The minimum atomic E-state index is -0.741. The van der Waals surface area contributed by atoms with E-state index < -0.39 is 16.8 Å². The summed E-state index contributed by atoms with van der Waals surface area (Å²) in [5, 5.41) is 0. The predicted molar refractivity (Wildman–Crippen MR) is 211 cm³/mol. The van der Waals surface area contributed by atoms with Crippen molar-refractivity contribution in [2.24, 2.45) is 5.92 Å². The first-order valence-corrected chi connectivity index (χ1v) is 18.8. The minimum absolute atomic E-state index is 0.0963. The highest BCUT2D eigenvalue weighted by molar-refractivity contribution is 5.91. The highest BCUT2D eigenvalue weighted by Crippen LogP contribution is 2.34. The summed E-state index contributed by atoms with van der Waals surface area (Å²) in [5.41, 5.74) is -0.155. The number of rotatable bonds is 16. The average Bonchev–Trinajstić information content (AvgIpc) is 3.19. The van der Waals surface area contributed by atoms with Crippen molar-refractivity contribution in [1.82, 2.24) is 0 Å². The number of hydrogen-bond donors (Lipinski definition) is 0. The van der Waals surface area contributed by atoms with E-state index in [4.69, 9.17) is 18.9 Å². The number of esters is 4. The topological polar surface area (TPSA) is 105 Å². The lowest BCUT2D eigenvalue weighted by molar-refractivity contribution is -0.0754. The lowest BCUT2D eigenvalue weighted by Gasteiger charge is -2.38. The van der Waals surface area contributed by atoms with Crippen LogP contribution in [0.25, 0.3) is 0 Å². The molecule has 0 radical (unpaired) electrons. The summed E-state index contributed by atoms with van der Waals surface area (Å²) in [5.74, 6) is -1.36. The third-order valence-electron chi connectivity index (χ3n) is 9.68. The fraction of sp³-hybridized carbons (Fsp3) is 0.391. The molecule has 0 saturated carbocycles. The molecule has 4 rings (SSSR count). The zero-order chi connectivity index (χ0) is 39.8. The normalized spacial score (nSPS) is 14.8. The maximum Gasteiger partial charge on any atom is 0.338 e. The van der Waals surface area contributed by atoms with Crippen LogP contribution in [0.3, 0.4) is 0 Å². The van der Waals surface area contributed by atoms with Gasteiger partial charge >= 0.3 is 23.9 Å². The third-order valence-corrected chi connectivity index (χ3v) is 9.68. The molecule has 288 valence electrons. The molecule has 4 aromatic carbocycles. The van der Waals surface area contributed by atoms with E-state index in [2.05, 4.69) is 0 Å². The van der Waals surface area contributed by atoms with Crippen LogP contribution in [-0.2, 0) is 18.9 Å². The van der Waals surface area contributed by atoms with Crippen LogP contribution in [0.2, 0.25) is 0 Å². The van der Waals surface area contributed by atoms with Gasteiger partial charge < -0.3 is 18.9 Å². The van der Waals surface area contributed by atoms with Crippen molar-refractivity contribution in [2.75, 3.05) is 0 Å². The molecule has 0 amide bonds.